The minimum absolute atomic E-state index is 0.0423. The fraction of sp³-hybridized carbons (Fsp3) is 0.292. The van der Waals surface area contributed by atoms with E-state index in [0.29, 0.717) is 24.1 Å². The summed E-state index contributed by atoms with van der Waals surface area (Å²) in [4.78, 5) is 45.5. The number of hydrogen-bond donors (Lipinski definition) is 3. The summed E-state index contributed by atoms with van der Waals surface area (Å²) in [5.74, 6) is -0.381. The van der Waals surface area contributed by atoms with E-state index in [-0.39, 0.29) is 18.4 Å². The summed E-state index contributed by atoms with van der Waals surface area (Å²) in [6.45, 7) is 1.03. The van der Waals surface area contributed by atoms with E-state index < -0.39 is 17.3 Å². The molecule has 2 aromatic carbocycles. The van der Waals surface area contributed by atoms with Gasteiger partial charge in [-0.05, 0) is 36.6 Å². The quantitative estimate of drug-likeness (QED) is 0.434. The van der Waals surface area contributed by atoms with Crippen LogP contribution in [0.2, 0.25) is 0 Å². The predicted molar refractivity (Wildman–Crippen MR) is 122 cm³/mol. The average molecular weight is 432 g/mol. The molecular formula is C24H24N4O4. The van der Waals surface area contributed by atoms with Crippen molar-refractivity contribution >= 4 is 27.7 Å². The Morgan fingerprint density at radius 2 is 1.84 bits per heavy atom. The maximum absolute atomic E-state index is 13.3. The highest BCUT2D eigenvalue weighted by Gasteiger charge is 2.27. The summed E-state index contributed by atoms with van der Waals surface area (Å²) in [5.41, 5.74) is 1.15. The zero-order valence-electron chi connectivity index (χ0n) is 17.5. The molecule has 2 aromatic heterocycles. The summed E-state index contributed by atoms with van der Waals surface area (Å²) in [7, 11) is 0. The normalized spacial score (nSPS) is 17.1. The van der Waals surface area contributed by atoms with Crippen LogP contribution < -0.4 is 16.6 Å². The number of carbonyl (C=O) groups is 1. The third kappa shape index (κ3) is 3.73. The zero-order chi connectivity index (χ0) is 22.1. The predicted octanol–water partition coefficient (Wildman–Crippen LogP) is 2.25. The van der Waals surface area contributed by atoms with Gasteiger partial charge in [-0.25, -0.2) is 9.36 Å². The molecule has 2 atom stereocenters. The summed E-state index contributed by atoms with van der Waals surface area (Å²) in [6.07, 6.45) is 3.82. The second-order valence-corrected chi connectivity index (χ2v) is 8.11. The summed E-state index contributed by atoms with van der Waals surface area (Å²) >= 11 is 0. The van der Waals surface area contributed by atoms with Gasteiger partial charge >= 0.3 is 5.69 Å². The molecule has 1 fully saturated rings. The smallest absolute Gasteiger partial charge is 0.329 e. The number of rotatable bonds is 6. The van der Waals surface area contributed by atoms with Crippen LogP contribution in [0, 0.1) is 0 Å². The first-order valence-electron chi connectivity index (χ1n) is 10.8. The number of benzene rings is 2. The first-order valence-corrected chi connectivity index (χ1v) is 10.8. The van der Waals surface area contributed by atoms with E-state index in [2.05, 4.69) is 15.3 Å². The molecule has 1 saturated heterocycles. The van der Waals surface area contributed by atoms with Gasteiger partial charge in [-0.1, -0.05) is 30.3 Å². The molecule has 8 heteroatoms. The van der Waals surface area contributed by atoms with Crippen LogP contribution in [-0.4, -0.2) is 39.7 Å². The summed E-state index contributed by atoms with van der Waals surface area (Å²) < 4.78 is 6.64. The number of para-hydroxylation sites is 2. The number of hydrogen-bond acceptors (Lipinski definition) is 4. The van der Waals surface area contributed by atoms with Crippen molar-refractivity contribution in [3.63, 3.8) is 0 Å². The lowest BCUT2D eigenvalue weighted by Crippen LogP contribution is -2.46. The molecule has 0 unspecified atom stereocenters. The molecule has 1 aliphatic rings. The van der Waals surface area contributed by atoms with E-state index in [4.69, 9.17) is 4.74 Å². The van der Waals surface area contributed by atoms with Gasteiger partial charge in [0.1, 0.15) is 6.04 Å². The monoisotopic (exact) mass is 432 g/mol. The Hall–Kier alpha value is -3.65. The number of H-pyrrole nitrogens is 2. The lowest BCUT2D eigenvalue weighted by atomic mass is 10.0. The molecule has 32 heavy (non-hydrogen) atoms. The van der Waals surface area contributed by atoms with Crippen molar-refractivity contribution in [1.82, 2.24) is 19.9 Å². The number of aromatic nitrogens is 3. The van der Waals surface area contributed by atoms with Crippen LogP contribution in [0.1, 0.15) is 24.4 Å². The van der Waals surface area contributed by atoms with Crippen LogP contribution in [0.15, 0.2) is 64.3 Å². The minimum Gasteiger partial charge on any atom is -0.376 e. The summed E-state index contributed by atoms with van der Waals surface area (Å²) in [6, 6.07) is 13.5. The molecule has 0 radical (unpaired) electrons. The maximum Gasteiger partial charge on any atom is 0.329 e. The van der Waals surface area contributed by atoms with E-state index >= 15 is 0 Å². The minimum atomic E-state index is -1.00. The molecule has 0 aliphatic carbocycles. The maximum atomic E-state index is 13.3. The van der Waals surface area contributed by atoms with E-state index in [9.17, 15) is 14.4 Å². The Labute approximate surface area is 183 Å². The van der Waals surface area contributed by atoms with E-state index in [0.717, 1.165) is 33.9 Å². The molecule has 5 rings (SSSR count). The second-order valence-electron chi connectivity index (χ2n) is 8.11. The highest BCUT2D eigenvalue weighted by Crippen LogP contribution is 2.22. The highest BCUT2D eigenvalue weighted by molar-refractivity contribution is 5.86. The van der Waals surface area contributed by atoms with Crippen LogP contribution in [0.5, 0.6) is 0 Å². The standard InChI is InChI=1S/C24H24N4O4/c29-22(26-14-16-6-5-11-32-16)21(12-15-13-25-19-9-3-1-7-17(15)19)28-23(30)18-8-2-4-10-20(18)27-24(28)31/h1-4,7-10,13,16,21,25H,5-6,11-12,14H2,(H,26,29)(H,27,31)/t16-,21-/m1/s1. The average Bonchev–Trinajstić information content (AvgIpc) is 3.47. The molecule has 3 N–H and O–H groups in total. The van der Waals surface area contributed by atoms with Gasteiger partial charge < -0.3 is 20.0 Å². The second kappa shape index (κ2) is 8.47. The molecule has 0 spiro atoms. The van der Waals surface area contributed by atoms with Crippen molar-refractivity contribution in [3.8, 4) is 0 Å². The summed E-state index contributed by atoms with van der Waals surface area (Å²) in [5, 5.41) is 4.22. The molecular weight excluding hydrogens is 408 g/mol. The number of amides is 1. The van der Waals surface area contributed by atoms with Gasteiger partial charge in [-0.2, -0.15) is 0 Å². The van der Waals surface area contributed by atoms with Gasteiger partial charge in [0.05, 0.1) is 17.0 Å². The topological polar surface area (TPSA) is 109 Å². The van der Waals surface area contributed by atoms with E-state index in [1.54, 1.807) is 24.3 Å². The number of fused-ring (bicyclic) bond motifs is 2. The van der Waals surface area contributed by atoms with Gasteiger partial charge in [0.15, 0.2) is 0 Å². The third-order valence-corrected chi connectivity index (χ3v) is 6.07. The number of aromatic amines is 2. The van der Waals surface area contributed by atoms with Crippen LogP contribution >= 0.6 is 0 Å². The molecule has 0 bridgehead atoms. The third-order valence-electron chi connectivity index (χ3n) is 6.07. The highest BCUT2D eigenvalue weighted by atomic mass is 16.5. The van der Waals surface area contributed by atoms with Crippen molar-refractivity contribution < 1.29 is 9.53 Å². The van der Waals surface area contributed by atoms with E-state index in [1.807, 2.05) is 30.5 Å². The largest absolute Gasteiger partial charge is 0.376 e. The fourth-order valence-corrected chi connectivity index (χ4v) is 4.41. The number of nitrogens with zero attached hydrogens (tertiary/aromatic N) is 1. The van der Waals surface area contributed by atoms with Crippen molar-refractivity contribution in [1.29, 1.82) is 0 Å². The van der Waals surface area contributed by atoms with Gasteiger partial charge in [-0.15, -0.1) is 0 Å². The number of carbonyl (C=O) groups excluding carboxylic acids is 1. The van der Waals surface area contributed by atoms with Crippen molar-refractivity contribution in [3.05, 3.63) is 81.1 Å². The first kappa shape index (κ1) is 20.3. The van der Waals surface area contributed by atoms with E-state index in [1.165, 1.54) is 0 Å². The molecule has 1 aliphatic heterocycles. The Balaban J connectivity index is 1.56. The Kier molecular flexibility index (Phi) is 5.36. The molecule has 4 aromatic rings. The van der Waals surface area contributed by atoms with Crippen LogP contribution in [-0.2, 0) is 16.0 Å². The van der Waals surface area contributed by atoms with Crippen LogP contribution in [0.25, 0.3) is 21.8 Å². The lowest BCUT2D eigenvalue weighted by Gasteiger charge is -2.20. The van der Waals surface area contributed by atoms with Crippen molar-refractivity contribution in [2.24, 2.45) is 0 Å². The number of ether oxygens (including phenoxy) is 1. The molecule has 164 valence electrons. The van der Waals surface area contributed by atoms with Gasteiger partial charge in [0.25, 0.3) is 5.56 Å². The molecule has 8 nitrogen and oxygen atoms in total. The molecule has 3 heterocycles. The lowest BCUT2D eigenvalue weighted by molar-refractivity contribution is -0.125. The van der Waals surface area contributed by atoms with Crippen molar-refractivity contribution in [2.75, 3.05) is 13.2 Å². The number of nitrogens with one attached hydrogen (secondary N) is 3. The zero-order valence-corrected chi connectivity index (χ0v) is 17.5. The Morgan fingerprint density at radius 1 is 1.09 bits per heavy atom. The SMILES string of the molecule is O=C(NC[C@H]1CCCO1)[C@@H](Cc1c[nH]c2ccccc12)n1c(=O)[nH]c2ccccc2c1=O. The Morgan fingerprint density at radius 3 is 2.62 bits per heavy atom. The Bertz CT molecular complexity index is 1390. The van der Waals surface area contributed by atoms with Gasteiger partial charge in [0, 0.05) is 36.7 Å². The van der Waals surface area contributed by atoms with Crippen LogP contribution in [0.3, 0.4) is 0 Å². The fourth-order valence-electron chi connectivity index (χ4n) is 4.41. The molecule has 1 amide bonds. The van der Waals surface area contributed by atoms with Crippen molar-refractivity contribution in [2.45, 2.75) is 31.4 Å². The van der Waals surface area contributed by atoms with Gasteiger partial charge in [0.2, 0.25) is 5.91 Å². The molecule has 0 saturated carbocycles. The van der Waals surface area contributed by atoms with Gasteiger partial charge in [-0.3, -0.25) is 9.59 Å². The first-order chi connectivity index (χ1) is 15.6. The van der Waals surface area contributed by atoms with Crippen LogP contribution in [0.4, 0.5) is 0 Å².